The molecule has 15 heavy (non-hydrogen) atoms. The normalized spacial score (nSPS) is 12.4. The second-order valence-corrected chi connectivity index (χ2v) is 4.32. The molecule has 0 aromatic heterocycles. The van der Waals surface area contributed by atoms with Crippen molar-refractivity contribution in [2.45, 2.75) is 18.9 Å². The van der Waals surface area contributed by atoms with Crippen LogP contribution in [0.5, 0.6) is 5.75 Å². The first-order chi connectivity index (χ1) is 7.33. The second kappa shape index (κ2) is 7.60. The molecule has 0 spiro atoms. The molecule has 3 heteroatoms. The first kappa shape index (κ1) is 12.4. The lowest BCUT2D eigenvalue weighted by atomic mass is 10.2. The molecule has 1 aromatic carbocycles. The first-order valence-corrected chi connectivity index (χ1v) is 6.57. The molecule has 0 fully saturated rings. The lowest BCUT2D eigenvalue weighted by Crippen LogP contribution is -2.11. The molecule has 84 valence electrons. The summed E-state index contributed by atoms with van der Waals surface area (Å²) in [4.78, 5) is 0. The first-order valence-electron chi connectivity index (χ1n) is 5.18. The lowest BCUT2D eigenvalue weighted by molar-refractivity contribution is 0.174. The lowest BCUT2D eigenvalue weighted by Gasteiger charge is -2.09. The van der Waals surface area contributed by atoms with Crippen molar-refractivity contribution in [3.63, 3.8) is 0 Å². The van der Waals surface area contributed by atoms with Crippen LogP contribution in [-0.4, -0.2) is 29.8 Å². The third-order valence-electron chi connectivity index (χ3n) is 2.05. The monoisotopic (exact) mass is 226 g/mol. The van der Waals surface area contributed by atoms with E-state index in [1.54, 1.807) is 11.8 Å². The van der Waals surface area contributed by atoms with Gasteiger partial charge in [0.05, 0.1) is 12.7 Å². The van der Waals surface area contributed by atoms with Crippen molar-refractivity contribution in [1.29, 1.82) is 0 Å². The predicted octanol–water partition coefficient (Wildman–Crippen LogP) is 2.57. The Morgan fingerprint density at radius 1 is 1.33 bits per heavy atom. The Kier molecular flexibility index (Phi) is 6.28. The molecule has 0 amide bonds. The maximum absolute atomic E-state index is 9.47. The fraction of sp³-hybridized carbons (Fsp3) is 0.500. The van der Waals surface area contributed by atoms with E-state index >= 15 is 0 Å². The van der Waals surface area contributed by atoms with Gasteiger partial charge in [0.2, 0.25) is 0 Å². The number of rotatable bonds is 7. The molecular weight excluding hydrogens is 208 g/mol. The Morgan fingerprint density at radius 3 is 2.73 bits per heavy atom. The summed E-state index contributed by atoms with van der Waals surface area (Å²) >= 11 is 1.67. The second-order valence-electron chi connectivity index (χ2n) is 3.41. The van der Waals surface area contributed by atoms with Crippen molar-refractivity contribution in [1.82, 2.24) is 0 Å². The summed E-state index contributed by atoms with van der Waals surface area (Å²) in [5.74, 6) is 1.71. The molecule has 1 atom stereocenters. The van der Waals surface area contributed by atoms with Crippen LogP contribution in [0.1, 0.15) is 12.8 Å². The zero-order chi connectivity index (χ0) is 10.9. The summed E-state index contributed by atoms with van der Waals surface area (Å²) in [6, 6.07) is 9.77. The molecule has 0 saturated heterocycles. The van der Waals surface area contributed by atoms with Gasteiger partial charge in [-0.05, 0) is 31.2 Å². The fourth-order valence-corrected chi connectivity index (χ4v) is 1.85. The van der Waals surface area contributed by atoms with Gasteiger partial charge in [0, 0.05) is 5.75 Å². The van der Waals surface area contributed by atoms with Gasteiger partial charge in [0.25, 0.3) is 0 Å². The van der Waals surface area contributed by atoms with Crippen LogP contribution >= 0.6 is 11.8 Å². The van der Waals surface area contributed by atoms with E-state index in [2.05, 4.69) is 0 Å². The Balaban J connectivity index is 2.07. The molecular formula is C12H18O2S. The van der Waals surface area contributed by atoms with Crippen molar-refractivity contribution < 1.29 is 9.84 Å². The van der Waals surface area contributed by atoms with Crippen LogP contribution < -0.4 is 4.74 Å². The van der Waals surface area contributed by atoms with E-state index < -0.39 is 0 Å². The predicted molar refractivity (Wildman–Crippen MR) is 65.6 cm³/mol. The van der Waals surface area contributed by atoms with Crippen molar-refractivity contribution >= 4 is 11.8 Å². The number of aliphatic hydroxyl groups excluding tert-OH is 1. The zero-order valence-corrected chi connectivity index (χ0v) is 9.87. The summed E-state index contributed by atoms with van der Waals surface area (Å²) < 4.78 is 5.52. The number of benzene rings is 1. The minimum absolute atomic E-state index is 0.195. The number of ether oxygens (including phenoxy) is 1. The molecule has 0 saturated carbocycles. The van der Waals surface area contributed by atoms with Crippen molar-refractivity contribution in [3.8, 4) is 5.75 Å². The summed E-state index contributed by atoms with van der Waals surface area (Å²) in [7, 11) is 0. The maximum atomic E-state index is 9.47. The number of hydrogen-bond donors (Lipinski definition) is 1. The topological polar surface area (TPSA) is 29.5 Å². The van der Waals surface area contributed by atoms with Crippen LogP contribution in [0.15, 0.2) is 30.3 Å². The van der Waals surface area contributed by atoms with Crippen LogP contribution in [0.2, 0.25) is 0 Å². The maximum Gasteiger partial charge on any atom is 0.119 e. The average Bonchev–Trinajstić information content (AvgIpc) is 2.26. The van der Waals surface area contributed by atoms with Crippen molar-refractivity contribution in [2.75, 3.05) is 18.6 Å². The summed E-state index contributed by atoms with van der Waals surface area (Å²) in [5, 5.41) is 9.47. The molecule has 0 aliphatic rings. The highest BCUT2D eigenvalue weighted by molar-refractivity contribution is 7.98. The molecule has 0 heterocycles. The van der Waals surface area contributed by atoms with Crippen molar-refractivity contribution in [2.24, 2.45) is 0 Å². The van der Waals surface area contributed by atoms with Gasteiger partial charge in [-0.3, -0.25) is 0 Å². The molecule has 0 radical (unpaired) electrons. The molecule has 0 bridgehead atoms. The van der Waals surface area contributed by atoms with E-state index in [1.807, 2.05) is 36.6 Å². The van der Waals surface area contributed by atoms with Crippen LogP contribution in [-0.2, 0) is 0 Å². The third-order valence-corrected chi connectivity index (χ3v) is 2.77. The van der Waals surface area contributed by atoms with Gasteiger partial charge >= 0.3 is 0 Å². The summed E-state index contributed by atoms with van der Waals surface area (Å²) in [5.41, 5.74) is 0. The van der Waals surface area contributed by atoms with Crippen LogP contribution in [0.25, 0.3) is 0 Å². The van der Waals surface area contributed by atoms with Gasteiger partial charge in [-0.15, -0.1) is 0 Å². The van der Waals surface area contributed by atoms with E-state index in [9.17, 15) is 5.11 Å². The van der Waals surface area contributed by atoms with E-state index in [-0.39, 0.29) is 6.10 Å². The van der Waals surface area contributed by atoms with Gasteiger partial charge < -0.3 is 9.84 Å². The highest BCUT2D eigenvalue weighted by atomic mass is 32.2. The minimum atomic E-state index is -0.195. The highest BCUT2D eigenvalue weighted by Crippen LogP contribution is 2.10. The molecule has 1 aromatic rings. The smallest absolute Gasteiger partial charge is 0.119 e. The SMILES string of the molecule is CSCC(O)CCCOc1ccccc1. The molecule has 1 N–H and O–H groups in total. The minimum Gasteiger partial charge on any atom is -0.494 e. The fourth-order valence-electron chi connectivity index (χ4n) is 1.30. The Bertz CT molecular complexity index is 251. The Labute approximate surface area is 95.7 Å². The van der Waals surface area contributed by atoms with Gasteiger partial charge in [-0.25, -0.2) is 0 Å². The standard InChI is InChI=1S/C12H18O2S/c1-15-10-11(13)6-5-9-14-12-7-3-2-4-8-12/h2-4,7-8,11,13H,5-6,9-10H2,1H3. The van der Waals surface area contributed by atoms with Gasteiger partial charge in [-0.1, -0.05) is 18.2 Å². The molecule has 0 aliphatic carbocycles. The number of aliphatic hydroxyl groups is 1. The number of thioether (sulfide) groups is 1. The Morgan fingerprint density at radius 2 is 2.07 bits per heavy atom. The van der Waals surface area contributed by atoms with Gasteiger partial charge in [-0.2, -0.15) is 11.8 Å². The Hall–Kier alpha value is -0.670. The van der Waals surface area contributed by atoms with Crippen molar-refractivity contribution in [3.05, 3.63) is 30.3 Å². The van der Waals surface area contributed by atoms with Crippen LogP contribution in [0.3, 0.4) is 0 Å². The zero-order valence-electron chi connectivity index (χ0n) is 9.06. The van der Waals surface area contributed by atoms with Gasteiger partial charge in [0.15, 0.2) is 0 Å². The third kappa shape index (κ3) is 5.70. The van der Waals surface area contributed by atoms with E-state index in [0.29, 0.717) is 6.61 Å². The van der Waals surface area contributed by atoms with E-state index in [0.717, 1.165) is 24.3 Å². The summed E-state index contributed by atoms with van der Waals surface area (Å²) in [6.07, 6.45) is 3.52. The average molecular weight is 226 g/mol. The molecule has 0 aliphatic heterocycles. The van der Waals surface area contributed by atoms with E-state index in [1.165, 1.54) is 0 Å². The van der Waals surface area contributed by atoms with Gasteiger partial charge in [0.1, 0.15) is 5.75 Å². The van der Waals surface area contributed by atoms with E-state index in [4.69, 9.17) is 4.74 Å². The number of para-hydroxylation sites is 1. The molecule has 1 rings (SSSR count). The van der Waals surface area contributed by atoms with Crippen LogP contribution in [0, 0.1) is 0 Å². The number of hydrogen-bond acceptors (Lipinski definition) is 3. The largest absolute Gasteiger partial charge is 0.494 e. The molecule has 2 nitrogen and oxygen atoms in total. The van der Waals surface area contributed by atoms with Crippen LogP contribution in [0.4, 0.5) is 0 Å². The molecule has 1 unspecified atom stereocenters. The highest BCUT2D eigenvalue weighted by Gasteiger charge is 2.02. The quantitative estimate of drug-likeness (QED) is 0.725. The summed E-state index contributed by atoms with van der Waals surface area (Å²) in [6.45, 7) is 0.676.